The normalized spacial score (nSPS) is 11.2. The van der Waals surface area contributed by atoms with E-state index in [4.69, 9.17) is 0 Å². The number of hydrogen-bond acceptors (Lipinski definition) is 1. The van der Waals surface area contributed by atoms with Crippen molar-refractivity contribution in [3.05, 3.63) is 0 Å². The molecule has 0 aliphatic heterocycles. The predicted octanol–water partition coefficient (Wildman–Crippen LogP) is 2.65. The van der Waals surface area contributed by atoms with Gasteiger partial charge in [-0.1, -0.05) is 20.8 Å². The van der Waals surface area contributed by atoms with Crippen LogP contribution in [0.2, 0.25) is 18.1 Å². The van der Waals surface area contributed by atoms with Gasteiger partial charge in [0.05, 0.1) is 0 Å². The Morgan fingerprint density at radius 3 is 1.79 bits per heavy atom. The third-order valence-corrected chi connectivity index (χ3v) is 8.94. The van der Waals surface area contributed by atoms with Gasteiger partial charge in [-0.15, -0.1) is 0 Å². The molecule has 4 heteroatoms. The molecule has 0 spiro atoms. The van der Waals surface area contributed by atoms with Crippen molar-refractivity contribution in [1.82, 2.24) is 9.88 Å². The molecule has 1 N–H and O–H groups in total. The largest absolute Gasteiger partial charge is 0.352 e. The lowest BCUT2D eigenvalue weighted by Crippen LogP contribution is -2.57. The highest BCUT2D eigenvalue weighted by Crippen LogP contribution is 2.24. The van der Waals surface area contributed by atoms with Crippen molar-refractivity contribution in [2.45, 2.75) is 45.8 Å². The number of hydrogen-bond donors (Lipinski definition) is 1. The quantitative estimate of drug-likeness (QED) is 0.704. The first kappa shape index (κ1) is 13.5. The molecule has 0 bridgehead atoms. The van der Waals surface area contributed by atoms with Crippen LogP contribution in [0.15, 0.2) is 0 Å². The van der Waals surface area contributed by atoms with Crippen molar-refractivity contribution in [3.63, 3.8) is 0 Å². The summed E-state index contributed by atoms with van der Waals surface area (Å²) >= 11 is 0. The average molecular weight is 216 g/mol. The van der Waals surface area contributed by atoms with Crippen LogP contribution in [-0.2, 0) is 0 Å². The molecule has 3 nitrogen and oxygen atoms in total. The summed E-state index contributed by atoms with van der Waals surface area (Å²) < 4.78 is 2.09. The van der Waals surface area contributed by atoms with Gasteiger partial charge >= 0.3 is 6.03 Å². The highest BCUT2D eigenvalue weighted by atomic mass is 28.3. The fourth-order valence-corrected chi connectivity index (χ4v) is 6.01. The molecule has 0 unspecified atom stereocenters. The molecule has 0 rings (SSSR count). The van der Waals surface area contributed by atoms with Crippen molar-refractivity contribution < 1.29 is 4.79 Å². The van der Waals surface area contributed by atoms with Crippen LogP contribution in [0.1, 0.15) is 27.7 Å². The Morgan fingerprint density at radius 2 is 1.57 bits per heavy atom. The smallest absolute Gasteiger partial charge is 0.309 e. The second-order valence-electron chi connectivity index (χ2n) is 3.58. The fraction of sp³-hybridized carbons (Fsp3) is 0.900. The summed E-state index contributed by atoms with van der Waals surface area (Å²) in [6, 6.07) is 3.56. The lowest BCUT2D eigenvalue weighted by molar-refractivity contribution is 0.224. The minimum Gasteiger partial charge on any atom is -0.352 e. The summed E-state index contributed by atoms with van der Waals surface area (Å²) in [6.07, 6.45) is 0. The number of carbonyl (C=O) groups excluding carboxylic acids is 1. The van der Waals surface area contributed by atoms with Gasteiger partial charge in [0, 0.05) is 13.6 Å². The molecular formula is C10H24N2OSi. The van der Waals surface area contributed by atoms with Crippen LogP contribution in [0, 0.1) is 0 Å². The van der Waals surface area contributed by atoms with E-state index in [1.807, 2.05) is 0 Å². The lowest BCUT2D eigenvalue weighted by Gasteiger charge is -2.39. The van der Waals surface area contributed by atoms with Gasteiger partial charge in [-0.2, -0.15) is 0 Å². The molecular weight excluding hydrogens is 192 g/mol. The first-order valence-electron chi connectivity index (χ1n) is 5.61. The molecule has 0 aliphatic rings. The Kier molecular flexibility index (Phi) is 5.84. The van der Waals surface area contributed by atoms with Crippen LogP contribution in [0.5, 0.6) is 0 Å². The summed E-state index contributed by atoms with van der Waals surface area (Å²) in [5.41, 5.74) is 0. The van der Waals surface area contributed by atoms with Crippen molar-refractivity contribution >= 4 is 14.3 Å². The van der Waals surface area contributed by atoms with Crippen molar-refractivity contribution in [2.75, 3.05) is 13.6 Å². The Labute approximate surface area is 89.0 Å². The highest BCUT2D eigenvalue weighted by Gasteiger charge is 2.36. The zero-order valence-corrected chi connectivity index (χ0v) is 11.2. The van der Waals surface area contributed by atoms with Crippen molar-refractivity contribution in [3.8, 4) is 0 Å². The molecule has 84 valence electrons. The van der Waals surface area contributed by atoms with Gasteiger partial charge in [0.15, 0.2) is 8.24 Å². The van der Waals surface area contributed by atoms with E-state index in [1.165, 1.54) is 0 Å². The SMILES string of the molecule is CCN(C(=O)NC)[Si](CC)(CC)CC. The number of amides is 2. The summed E-state index contributed by atoms with van der Waals surface area (Å²) in [5.74, 6) is 0. The van der Waals surface area contributed by atoms with Crippen molar-refractivity contribution in [2.24, 2.45) is 0 Å². The van der Waals surface area contributed by atoms with Crippen LogP contribution in [0.3, 0.4) is 0 Å². The first-order chi connectivity index (χ1) is 6.61. The zero-order valence-electron chi connectivity index (χ0n) is 10.2. The highest BCUT2D eigenvalue weighted by molar-refractivity contribution is 6.78. The molecule has 0 saturated carbocycles. The van der Waals surface area contributed by atoms with Crippen molar-refractivity contribution in [1.29, 1.82) is 0 Å². The molecule has 14 heavy (non-hydrogen) atoms. The molecule has 0 saturated heterocycles. The van der Waals surface area contributed by atoms with E-state index in [0.717, 1.165) is 24.7 Å². The molecule has 0 atom stereocenters. The Morgan fingerprint density at radius 1 is 1.14 bits per heavy atom. The number of nitrogens with one attached hydrogen (secondary N) is 1. The first-order valence-corrected chi connectivity index (χ1v) is 8.18. The molecule has 0 fully saturated rings. The molecule has 0 heterocycles. The van der Waals surface area contributed by atoms with Gasteiger partial charge in [-0.3, -0.25) is 0 Å². The van der Waals surface area contributed by atoms with Crippen LogP contribution in [-0.4, -0.2) is 32.4 Å². The van der Waals surface area contributed by atoms with E-state index >= 15 is 0 Å². The minimum absolute atomic E-state index is 0.102. The van der Waals surface area contributed by atoms with Crippen LogP contribution in [0.4, 0.5) is 4.79 Å². The summed E-state index contributed by atoms with van der Waals surface area (Å²) in [6.45, 7) is 9.54. The lowest BCUT2D eigenvalue weighted by atomic mass is 10.7. The van der Waals surface area contributed by atoms with E-state index in [1.54, 1.807) is 7.05 Å². The van der Waals surface area contributed by atoms with Crippen LogP contribution in [0.25, 0.3) is 0 Å². The second kappa shape index (κ2) is 6.06. The third kappa shape index (κ3) is 2.50. The summed E-state index contributed by atoms with van der Waals surface area (Å²) in [4.78, 5) is 11.7. The fourth-order valence-electron chi connectivity index (χ4n) is 2.15. The van der Waals surface area contributed by atoms with E-state index in [0.29, 0.717) is 0 Å². The molecule has 0 aromatic heterocycles. The predicted molar refractivity (Wildman–Crippen MR) is 64.0 cm³/mol. The third-order valence-electron chi connectivity index (χ3n) is 3.32. The second-order valence-corrected chi connectivity index (χ2v) is 8.69. The molecule has 0 radical (unpaired) electrons. The Bertz CT molecular complexity index is 173. The average Bonchev–Trinajstić information content (AvgIpc) is 2.25. The summed E-state index contributed by atoms with van der Waals surface area (Å²) in [7, 11) is 0.204. The van der Waals surface area contributed by atoms with Gasteiger partial charge < -0.3 is 9.88 Å². The topological polar surface area (TPSA) is 32.3 Å². The van der Waals surface area contributed by atoms with Crippen LogP contribution < -0.4 is 5.32 Å². The number of urea groups is 1. The molecule has 0 aliphatic carbocycles. The van der Waals surface area contributed by atoms with Gasteiger partial charge in [-0.05, 0) is 25.1 Å². The maximum atomic E-state index is 11.7. The minimum atomic E-state index is -1.51. The van der Waals surface area contributed by atoms with E-state index < -0.39 is 8.24 Å². The number of carbonyl (C=O) groups is 1. The molecule has 2 amide bonds. The Balaban J connectivity index is 4.83. The molecule has 0 aromatic carbocycles. The number of nitrogens with zero attached hydrogens (tertiary/aromatic N) is 1. The Hall–Kier alpha value is -0.513. The molecule has 0 aromatic rings. The maximum absolute atomic E-state index is 11.7. The number of rotatable bonds is 5. The summed E-state index contributed by atoms with van der Waals surface area (Å²) in [5, 5.41) is 2.75. The van der Waals surface area contributed by atoms with E-state index in [-0.39, 0.29) is 6.03 Å². The maximum Gasteiger partial charge on any atom is 0.309 e. The zero-order chi connectivity index (χ0) is 11.2. The van der Waals surface area contributed by atoms with Gasteiger partial charge in [0.1, 0.15) is 0 Å². The monoisotopic (exact) mass is 216 g/mol. The van der Waals surface area contributed by atoms with E-state index in [9.17, 15) is 4.79 Å². The van der Waals surface area contributed by atoms with Gasteiger partial charge in [-0.25, -0.2) is 4.79 Å². The van der Waals surface area contributed by atoms with E-state index in [2.05, 4.69) is 37.6 Å². The van der Waals surface area contributed by atoms with Gasteiger partial charge in [0.2, 0.25) is 0 Å². The standard InChI is InChI=1S/C10H24N2OSi/c1-6-12(10(13)11-5)14(7-2,8-3)9-4/h6-9H2,1-5H3,(H,11,13). The van der Waals surface area contributed by atoms with Crippen LogP contribution >= 0.6 is 0 Å². The van der Waals surface area contributed by atoms with Gasteiger partial charge in [0.25, 0.3) is 0 Å².